The Labute approximate surface area is 240 Å². The number of carbonyl (C=O) groups is 1. The minimum atomic E-state index is -1.94. The average molecular weight is 601 g/mol. The van der Waals surface area contributed by atoms with Crippen LogP contribution in [0.25, 0.3) is 5.57 Å². The molecule has 1 saturated carbocycles. The van der Waals surface area contributed by atoms with E-state index in [1.807, 2.05) is 0 Å². The van der Waals surface area contributed by atoms with E-state index < -0.39 is 98.9 Å². The van der Waals surface area contributed by atoms with Crippen LogP contribution in [-0.2, 0) is 33.2 Å². The highest BCUT2D eigenvalue weighted by molar-refractivity contribution is 6.22. The highest BCUT2D eigenvalue weighted by Crippen LogP contribution is 2.40. The second-order valence-electron chi connectivity index (χ2n) is 11.0. The van der Waals surface area contributed by atoms with E-state index >= 15 is 0 Å². The van der Waals surface area contributed by atoms with Gasteiger partial charge in [0.05, 0.1) is 49.8 Å². The zero-order valence-corrected chi connectivity index (χ0v) is 22.6. The van der Waals surface area contributed by atoms with E-state index in [0.717, 1.165) is 0 Å². The Morgan fingerprint density at radius 2 is 1.71 bits per heavy atom. The van der Waals surface area contributed by atoms with Gasteiger partial charge >= 0.3 is 0 Å². The SMILES string of the molecule is COC1C(O[C@@H]2O[C@H](CO[C@H]3OC[C@](O)(CO)[C@H]3O)[C@@H](O)[C@H](O)[C@H]2O)CC2OC=C(c3ccc(O)cc3)C(=O)C2C1O. The van der Waals surface area contributed by atoms with Crippen LogP contribution in [0.4, 0.5) is 0 Å². The van der Waals surface area contributed by atoms with Crippen molar-refractivity contribution in [1.82, 2.24) is 0 Å². The van der Waals surface area contributed by atoms with Gasteiger partial charge in [-0.3, -0.25) is 4.79 Å². The third-order valence-corrected chi connectivity index (χ3v) is 8.30. The number of aliphatic hydroxyl groups is 7. The van der Waals surface area contributed by atoms with Crippen LogP contribution in [0.1, 0.15) is 12.0 Å². The zero-order chi connectivity index (χ0) is 30.3. The normalized spacial score (nSPS) is 43.9. The Morgan fingerprint density at radius 3 is 2.36 bits per heavy atom. The number of methoxy groups -OCH3 is 1. The van der Waals surface area contributed by atoms with Crippen LogP contribution in [0.3, 0.4) is 0 Å². The molecule has 5 rings (SSSR count). The first kappa shape index (κ1) is 31.2. The molecule has 1 aromatic carbocycles. The molecular formula is C27H36O15. The van der Waals surface area contributed by atoms with Crippen LogP contribution >= 0.6 is 0 Å². The standard InChI is InChI=1S/C27H36O15/c1-37-23-15(6-14-17(20(23)32)18(30)13(7-38-14)11-2-4-12(29)5-3-11)41-25-22(34)21(33)19(31)16(42-25)8-39-26-24(35)27(36,9-28)10-40-26/h2-5,7,14-17,19-26,28-29,31-36H,6,8-10H2,1H3/t14?,15?,16-,17?,19-,20?,21+,22-,23?,24+,25-,26+,27-/m1/s1. The molecule has 3 fully saturated rings. The minimum absolute atomic E-state index is 0.0236. The van der Waals surface area contributed by atoms with E-state index in [1.54, 1.807) is 12.1 Å². The fourth-order valence-corrected chi connectivity index (χ4v) is 5.75. The molecule has 13 atom stereocenters. The van der Waals surface area contributed by atoms with Crippen LogP contribution in [-0.4, -0.2) is 147 Å². The predicted octanol–water partition coefficient (Wildman–Crippen LogP) is -3.25. The summed E-state index contributed by atoms with van der Waals surface area (Å²) in [7, 11) is 1.31. The predicted molar refractivity (Wildman–Crippen MR) is 136 cm³/mol. The van der Waals surface area contributed by atoms with Crippen LogP contribution in [0.15, 0.2) is 30.5 Å². The summed E-state index contributed by atoms with van der Waals surface area (Å²) < 4.78 is 33.5. The molecule has 0 bridgehead atoms. The molecule has 4 aliphatic rings. The van der Waals surface area contributed by atoms with Gasteiger partial charge in [0, 0.05) is 13.5 Å². The number of allylic oxidation sites excluding steroid dienone is 1. The number of Topliss-reactive ketones (excluding diaryl/α,β-unsaturated/α-hetero) is 1. The van der Waals surface area contributed by atoms with Gasteiger partial charge in [-0.2, -0.15) is 0 Å². The number of ketones is 1. The Balaban J connectivity index is 1.27. The summed E-state index contributed by atoms with van der Waals surface area (Å²) in [6, 6.07) is 5.94. The first-order valence-electron chi connectivity index (χ1n) is 13.5. The maximum absolute atomic E-state index is 13.4. The Kier molecular flexibility index (Phi) is 9.20. The lowest BCUT2D eigenvalue weighted by molar-refractivity contribution is -0.332. The van der Waals surface area contributed by atoms with Gasteiger partial charge in [0.1, 0.15) is 54.1 Å². The number of fused-ring (bicyclic) bond motifs is 1. The smallest absolute Gasteiger partial charge is 0.187 e. The Hall–Kier alpha value is -2.25. The molecule has 0 radical (unpaired) electrons. The van der Waals surface area contributed by atoms with Gasteiger partial charge in [-0.25, -0.2) is 0 Å². The molecule has 5 unspecified atom stereocenters. The number of carbonyl (C=O) groups excluding carboxylic acids is 1. The number of hydrogen-bond donors (Lipinski definition) is 8. The molecular weight excluding hydrogens is 564 g/mol. The van der Waals surface area contributed by atoms with Gasteiger partial charge < -0.3 is 69.3 Å². The third kappa shape index (κ3) is 5.68. The summed E-state index contributed by atoms with van der Waals surface area (Å²) in [6.07, 6.45) is -13.9. The average Bonchev–Trinajstić information content (AvgIpc) is 3.27. The van der Waals surface area contributed by atoms with Gasteiger partial charge in [-0.15, -0.1) is 0 Å². The first-order valence-corrected chi connectivity index (χ1v) is 13.5. The second kappa shape index (κ2) is 12.4. The number of ether oxygens (including phenoxy) is 6. The number of rotatable bonds is 8. The van der Waals surface area contributed by atoms with Gasteiger partial charge in [0.2, 0.25) is 0 Å². The van der Waals surface area contributed by atoms with E-state index in [0.29, 0.717) is 5.56 Å². The molecule has 3 heterocycles. The summed E-state index contributed by atoms with van der Waals surface area (Å²) in [5, 5.41) is 81.9. The molecule has 3 aliphatic heterocycles. The van der Waals surface area contributed by atoms with Crippen LogP contribution in [0, 0.1) is 5.92 Å². The Bertz CT molecular complexity index is 1130. The third-order valence-electron chi connectivity index (χ3n) is 8.30. The molecule has 15 nitrogen and oxygen atoms in total. The molecule has 1 aromatic rings. The van der Waals surface area contributed by atoms with E-state index in [9.17, 15) is 45.6 Å². The van der Waals surface area contributed by atoms with Crippen LogP contribution in [0.2, 0.25) is 0 Å². The maximum Gasteiger partial charge on any atom is 0.187 e. The Morgan fingerprint density at radius 1 is 1.00 bits per heavy atom. The van der Waals surface area contributed by atoms with Crippen molar-refractivity contribution >= 4 is 11.4 Å². The van der Waals surface area contributed by atoms with Gasteiger partial charge in [-0.05, 0) is 17.7 Å². The van der Waals surface area contributed by atoms with Crippen molar-refractivity contribution in [1.29, 1.82) is 0 Å². The molecule has 42 heavy (non-hydrogen) atoms. The number of phenolic OH excluding ortho intramolecular Hbond substituents is 1. The second-order valence-corrected chi connectivity index (χ2v) is 11.0. The minimum Gasteiger partial charge on any atom is -0.508 e. The molecule has 2 saturated heterocycles. The van der Waals surface area contributed by atoms with Crippen molar-refractivity contribution in [2.75, 3.05) is 26.9 Å². The number of aliphatic hydroxyl groups excluding tert-OH is 6. The molecule has 1 aliphatic carbocycles. The zero-order valence-electron chi connectivity index (χ0n) is 22.6. The highest BCUT2D eigenvalue weighted by atomic mass is 16.7. The number of phenols is 1. The molecule has 0 amide bonds. The molecule has 0 aromatic heterocycles. The lowest BCUT2D eigenvalue weighted by atomic mass is 9.74. The fraction of sp³-hybridized carbons (Fsp3) is 0.667. The van der Waals surface area contributed by atoms with E-state index in [4.69, 9.17) is 28.4 Å². The fourth-order valence-electron chi connectivity index (χ4n) is 5.75. The summed E-state index contributed by atoms with van der Waals surface area (Å²) in [5.74, 6) is -1.38. The van der Waals surface area contributed by atoms with E-state index in [-0.39, 0.29) is 23.5 Å². The lowest BCUT2D eigenvalue weighted by Gasteiger charge is -2.47. The molecule has 8 N–H and O–H groups in total. The summed E-state index contributed by atoms with van der Waals surface area (Å²) in [6.45, 7) is -1.66. The van der Waals surface area contributed by atoms with Crippen LogP contribution < -0.4 is 0 Å². The largest absolute Gasteiger partial charge is 0.508 e. The number of hydrogen-bond acceptors (Lipinski definition) is 15. The monoisotopic (exact) mass is 600 g/mol. The summed E-state index contributed by atoms with van der Waals surface area (Å²) >= 11 is 0. The highest BCUT2D eigenvalue weighted by Gasteiger charge is 2.54. The van der Waals surface area contributed by atoms with Gasteiger partial charge in [-0.1, -0.05) is 12.1 Å². The quantitative estimate of drug-likeness (QED) is 0.146. The topological polar surface area (TPSA) is 234 Å². The maximum atomic E-state index is 13.4. The summed E-state index contributed by atoms with van der Waals surface area (Å²) in [4.78, 5) is 13.4. The molecule has 234 valence electrons. The van der Waals surface area contributed by atoms with Crippen molar-refractivity contribution in [2.24, 2.45) is 5.92 Å². The van der Waals surface area contributed by atoms with Crippen molar-refractivity contribution in [3.05, 3.63) is 36.1 Å². The lowest BCUT2D eigenvalue weighted by Crippen LogP contribution is -2.63. The van der Waals surface area contributed by atoms with Crippen molar-refractivity contribution in [2.45, 2.75) is 79.5 Å². The van der Waals surface area contributed by atoms with Gasteiger partial charge in [0.25, 0.3) is 0 Å². The van der Waals surface area contributed by atoms with E-state index in [1.165, 1.54) is 25.5 Å². The number of benzene rings is 1. The van der Waals surface area contributed by atoms with Crippen molar-refractivity contribution in [3.8, 4) is 5.75 Å². The van der Waals surface area contributed by atoms with Crippen LogP contribution in [0.5, 0.6) is 5.75 Å². The summed E-state index contributed by atoms with van der Waals surface area (Å²) in [5.41, 5.74) is -1.23. The van der Waals surface area contributed by atoms with E-state index in [2.05, 4.69) is 0 Å². The van der Waals surface area contributed by atoms with Crippen molar-refractivity contribution in [3.63, 3.8) is 0 Å². The van der Waals surface area contributed by atoms with Gasteiger partial charge in [0.15, 0.2) is 18.4 Å². The van der Waals surface area contributed by atoms with Crippen molar-refractivity contribution < 1.29 is 74.1 Å². The first-order chi connectivity index (χ1) is 20.0. The molecule has 0 spiro atoms. The number of aromatic hydroxyl groups is 1. The molecule has 15 heteroatoms.